The summed E-state index contributed by atoms with van der Waals surface area (Å²) in [6, 6.07) is 6.62. The van der Waals surface area contributed by atoms with Crippen LogP contribution >= 0.6 is 0 Å². The lowest BCUT2D eigenvalue weighted by Crippen LogP contribution is -2.30. The Bertz CT molecular complexity index is 552. The van der Waals surface area contributed by atoms with E-state index in [2.05, 4.69) is 11.8 Å². The molecular weight excluding hydrogens is 248 g/mol. The van der Waals surface area contributed by atoms with Crippen molar-refractivity contribution in [3.05, 3.63) is 29.8 Å². The van der Waals surface area contributed by atoms with Gasteiger partial charge < -0.3 is 5.73 Å². The molecule has 5 heteroatoms. The lowest BCUT2D eigenvalue weighted by atomic mass is 10.2. The average Bonchev–Trinajstić information content (AvgIpc) is 2.38. The lowest BCUT2D eigenvalue weighted by Gasteiger charge is -2.18. The van der Waals surface area contributed by atoms with Gasteiger partial charge in [-0.15, -0.1) is 0 Å². The third-order valence-corrected chi connectivity index (χ3v) is 4.56. The quantitative estimate of drug-likeness (QED) is 0.828. The minimum Gasteiger partial charge on any atom is -0.320 e. The number of benzene rings is 1. The van der Waals surface area contributed by atoms with Gasteiger partial charge in [0.25, 0.3) is 0 Å². The van der Waals surface area contributed by atoms with Crippen molar-refractivity contribution in [1.29, 1.82) is 0 Å². The predicted octanol–water partition coefficient (Wildman–Crippen LogP) is 1.03. The molecule has 0 aliphatic heterocycles. The summed E-state index contributed by atoms with van der Waals surface area (Å²) in [4.78, 5) is 0.273. The lowest BCUT2D eigenvalue weighted by molar-refractivity contribution is 0.445. The molecule has 18 heavy (non-hydrogen) atoms. The van der Waals surface area contributed by atoms with Crippen molar-refractivity contribution >= 4 is 10.0 Å². The molecule has 0 bridgehead atoms. The largest absolute Gasteiger partial charge is 0.320 e. The Morgan fingerprint density at radius 2 is 1.94 bits per heavy atom. The van der Waals surface area contributed by atoms with Gasteiger partial charge in [-0.25, -0.2) is 8.42 Å². The highest BCUT2D eigenvalue weighted by Gasteiger charge is 2.21. The molecule has 4 nitrogen and oxygen atoms in total. The third kappa shape index (κ3) is 3.33. The summed E-state index contributed by atoms with van der Waals surface area (Å²) >= 11 is 0. The molecule has 0 spiro atoms. The zero-order valence-electron chi connectivity index (χ0n) is 10.7. The Labute approximate surface area is 109 Å². The zero-order valence-corrected chi connectivity index (χ0v) is 11.5. The van der Waals surface area contributed by atoms with Gasteiger partial charge in [0.1, 0.15) is 0 Å². The molecule has 0 unspecified atom stereocenters. The number of rotatable bonds is 4. The fourth-order valence-electron chi connectivity index (χ4n) is 1.60. The van der Waals surface area contributed by atoms with E-state index in [0.717, 1.165) is 0 Å². The first-order valence-corrected chi connectivity index (χ1v) is 7.29. The normalized spacial score (nSPS) is 11.1. The fourth-order valence-corrected chi connectivity index (χ4v) is 3.10. The van der Waals surface area contributed by atoms with E-state index in [1.807, 2.05) is 13.8 Å². The Morgan fingerprint density at radius 1 is 1.28 bits per heavy atom. The number of hydrogen-bond donors (Lipinski definition) is 1. The second-order valence-corrected chi connectivity index (χ2v) is 5.56. The first-order chi connectivity index (χ1) is 8.56. The molecule has 1 aromatic carbocycles. The molecule has 1 aromatic rings. The van der Waals surface area contributed by atoms with Gasteiger partial charge in [0.05, 0.1) is 11.4 Å². The van der Waals surface area contributed by atoms with E-state index in [1.54, 1.807) is 24.3 Å². The number of sulfonamides is 1. The van der Waals surface area contributed by atoms with Crippen LogP contribution < -0.4 is 5.73 Å². The summed E-state index contributed by atoms with van der Waals surface area (Å²) in [5.41, 5.74) is 5.95. The van der Waals surface area contributed by atoms with Crippen LogP contribution in [0.4, 0.5) is 0 Å². The topological polar surface area (TPSA) is 63.4 Å². The molecule has 98 valence electrons. The Hall–Kier alpha value is -1.35. The van der Waals surface area contributed by atoms with E-state index < -0.39 is 10.0 Å². The molecule has 0 saturated heterocycles. The molecule has 0 aliphatic rings. The number of nitrogens with zero attached hydrogens (tertiary/aromatic N) is 1. The molecule has 0 amide bonds. The average molecular weight is 266 g/mol. The van der Waals surface area contributed by atoms with Crippen LogP contribution in [-0.2, 0) is 10.0 Å². The van der Waals surface area contributed by atoms with Gasteiger partial charge in [-0.05, 0) is 18.2 Å². The molecule has 0 radical (unpaired) electrons. The molecule has 0 aliphatic carbocycles. The van der Waals surface area contributed by atoms with E-state index in [0.29, 0.717) is 18.7 Å². The first kappa shape index (κ1) is 14.7. The SMILES string of the molecule is CCN(CC)S(=O)(=O)c1cccc(C#CCN)c1. The standard InChI is InChI=1S/C13H18N2O2S/c1-3-15(4-2)18(16,17)13-9-5-7-12(11-13)8-6-10-14/h5,7,9,11H,3-4,10,14H2,1-2H3. The van der Waals surface area contributed by atoms with E-state index in [1.165, 1.54) is 4.31 Å². The molecule has 1 rings (SSSR count). The predicted molar refractivity (Wildman–Crippen MR) is 72.5 cm³/mol. The van der Waals surface area contributed by atoms with Crippen LogP contribution in [0.25, 0.3) is 0 Å². The highest BCUT2D eigenvalue weighted by Crippen LogP contribution is 2.16. The first-order valence-electron chi connectivity index (χ1n) is 5.85. The second kappa shape index (κ2) is 6.55. The minimum absolute atomic E-state index is 0.257. The number of hydrogen-bond acceptors (Lipinski definition) is 3. The summed E-state index contributed by atoms with van der Waals surface area (Å²) < 4.78 is 26.0. The summed E-state index contributed by atoms with van der Waals surface area (Å²) in [6.45, 7) is 4.81. The van der Waals surface area contributed by atoms with Crippen molar-refractivity contribution in [2.45, 2.75) is 18.7 Å². The van der Waals surface area contributed by atoms with Gasteiger partial charge in [-0.2, -0.15) is 4.31 Å². The van der Waals surface area contributed by atoms with Crippen molar-refractivity contribution in [2.75, 3.05) is 19.6 Å². The van der Waals surface area contributed by atoms with Crippen molar-refractivity contribution in [1.82, 2.24) is 4.31 Å². The highest BCUT2D eigenvalue weighted by atomic mass is 32.2. The van der Waals surface area contributed by atoms with Crippen molar-refractivity contribution in [2.24, 2.45) is 5.73 Å². The number of nitrogens with two attached hydrogens (primary N) is 1. The molecule has 0 fully saturated rings. The van der Waals surface area contributed by atoms with Gasteiger partial charge >= 0.3 is 0 Å². The van der Waals surface area contributed by atoms with Gasteiger partial charge in [-0.3, -0.25) is 0 Å². The van der Waals surface area contributed by atoms with Crippen LogP contribution in [-0.4, -0.2) is 32.4 Å². The molecule has 0 heterocycles. The van der Waals surface area contributed by atoms with E-state index in [9.17, 15) is 8.42 Å². The van der Waals surface area contributed by atoms with Crippen molar-refractivity contribution < 1.29 is 8.42 Å². The molecule has 0 aromatic heterocycles. The highest BCUT2D eigenvalue weighted by molar-refractivity contribution is 7.89. The maximum Gasteiger partial charge on any atom is 0.243 e. The second-order valence-electron chi connectivity index (χ2n) is 3.62. The van der Waals surface area contributed by atoms with E-state index in [4.69, 9.17) is 5.73 Å². The van der Waals surface area contributed by atoms with Crippen LogP contribution in [0.3, 0.4) is 0 Å². The van der Waals surface area contributed by atoms with Crippen molar-refractivity contribution in [3.8, 4) is 11.8 Å². The Morgan fingerprint density at radius 3 is 2.50 bits per heavy atom. The van der Waals surface area contributed by atoms with Crippen molar-refractivity contribution in [3.63, 3.8) is 0 Å². The Kier molecular flexibility index (Phi) is 5.35. The van der Waals surface area contributed by atoms with Crippen LogP contribution in [0, 0.1) is 11.8 Å². The molecular formula is C13H18N2O2S. The van der Waals surface area contributed by atoms with Crippen LogP contribution in [0.2, 0.25) is 0 Å². The van der Waals surface area contributed by atoms with Gasteiger partial charge in [0, 0.05) is 18.7 Å². The third-order valence-electron chi connectivity index (χ3n) is 2.51. The monoisotopic (exact) mass is 266 g/mol. The van der Waals surface area contributed by atoms with E-state index >= 15 is 0 Å². The van der Waals surface area contributed by atoms with Gasteiger partial charge in [0.2, 0.25) is 10.0 Å². The van der Waals surface area contributed by atoms with Crippen LogP contribution in [0.5, 0.6) is 0 Å². The van der Waals surface area contributed by atoms with Gasteiger partial charge in [-0.1, -0.05) is 31.8 Å². The van der Waals surface area contributed by atoms with E-state index in [-0.39, 0.29) is 11.4 Å². The summed E-state index contributed by atoms with van der Waals surface area (Å²) in [7, 11) is -3.41. The maximum atomic E-state index is 12.3. The van der Waals surface area contributed by atoms with Gasteiger partial charge in [0.15, 0.2) is 0 Å². The summed E-state index contributed by atoms with van der Waals surface area (Å²) in [6.07, 6.45) is 0. The molecule has 0 saturated carbocycles. The summed E-state index contributed by atoms with van der Waals surface area (Å²) in [5, 5.41) is 0. The van der Waals surface area contributed by atoms with Crippen LogP contribution in [0.15, 0.2) is 29.2 Å². The maximum absolute atomic E-state index is 12.3. The summed E-state index contributed by atoms with van der Waals surface area (Å²) in [5.74, 6) is 5.54. The smallest absolute Gasteiger partial charge is 0.243 e. The molecule has 2 N–H and O–H groups in total. The fraction of sp³-hybridized carbons (Fsp3) is 0.385. The Balaban J connectivity index is 3.17. The molecule has 0 atom stereocenters. The minimum atomic E-state index is -3.41. The zero-order chi connectivity index (χ0) is 13.6. The van der Waals surface area contributed by atoms with Crippen LogP contribution in [0.1, 0.15) is 19.4 Å².